The summed E-state index contributed by atoms with van der Waals surface area (Å²) in [6.45, 7) is 7.75. The standard InChI is InChI=1S/C21H26N2O2/c1-21(2,3)18-6-4-16(5-7-18)20(24)23-19-14-25-13-17(19)12-15-8-10-22-11-9-15/h4-11,17,19H,12-14H2,1-3H3,(H,23,24). The van der Waals surface area contributed by atoms with Gasteiger partial charge in [0.05, 0.1) is 19.3 Å². The number of carbonyl (C=O) groups is 1. The second kappa shape index (κ2) is 7.36. The molecule has 3 rings (SSSR count). The van der Waals surface area contributed by atoms with Crippen LogP contribution in [-0.4, -0.2) is 30.1 Å². The smallest absolute Gasteiger partial charge is 0.251 e. The lowest BCUT2D eigenvalue weighted by Crippen LogP contribution is -2.40. The van der Waals surface area contributed by atoms with E-state index in [2.05, 4.69) is 31.1 Å². The number of nitrogens with one attached hydrogen (secondary N) is 1. The minimum absolute atomic E-state index is 0.0318. The van der Waals surface area contributed by atoms with Crippen molar-refractivity contribution in [2.75, 3.05) is 13.2 Å². The van der Waals surface area contributed by atoms with Crippen LogP contribution in [0, 0.1) is 5.92 Å². The Kier molecular flexibility index (Phi) is 5.19. The Morgan fingerprint density at radius 1 is 1.12 bits per heavy atom. The molecule has 0 aliphatic carbocycles. The molecule has 0 radical (unpaired) electrons. The zero-order valence-electron chi connectivity index (χ0n) is 15.2. The Bertz CT molecular complexity index is 705. The van der Waals surface area contributed by atoms with Gasteiger partial charge >= 0.3 is 0 Å². The topological polar surface area (TPSA) is 51.2 Å². The summed E-state index contributed by atoms with van der Waals surface area (Å²) in [4.78, 5) is 16.6. The van der Waals surface area contributed by atoms with Crippen LogP contribution in [0.15, 0.2) is 48.8 Å². The monoisotopic (exact) mass is 338 g/mol. The van der Waals surface area contributed by atoms with Gasteiger partial charge in [-0.05, 0) is 47.2 Å². The Morgan fingerprint density at radius 2 is 1.80 bits per heavy atom. The second-order valence-electron chi connectivity index (χ2n) is 7.76. The molecule has 1 aliphatic rings. The van der Waals surface area contributed by atoms with E-state index in [0.29, 0.717) is 24.7 Å². The highest BCUT2D eigenvalue weighted by molar-refractivity contribution is 5.94. The predicted molar refractivity (Wildman–Crippen MR) is 98.6 cm³/mol. The highest BCUT2D eigenvalue weighted by Crippen LogP contribution is 2.23. The largest absolute Gasteiger partial charge is 0.379 e. The third-order valence-electron chi connectivity index (χ3n) is 4.78. The third kappa shape index (κ3) is 4.45. The first-order valence-corrected chi connectivity index (χ1v) is 8.81. The lowest BCUT2D eigenvalue weighted by atomic mass is 9.86. The number of carbonyl (C=O) groups excluding carboxylic acids is 1. The Balaban J connectivity index is 1.63. The molecule has 1 aromatic carbocycles. The summed E-state index contributed by atoms with van der Waals surface area (Å²) in [7, 11) is 0. The summed E-state index contributed by atoms with van der Waals surface area (Å²) in [5.41, 5.74) is 3.23. The van der Waals surface area contributed by atoms with Gasteiger partial charge in [-0.15, -0.1) is 0 Å². The van der Waals surface area contributed by atoms with Gasteiger partial charge in [0.15, 0.2) is 0 Å². The minimum atomic E-state index is -0.0318. The van der Waals surface area contributed by atoms with Crippen LogP contribution in [0.4, 0.5) is 0 Å². The molecule has 0 bridgehead atoms. The third-order valence-corrected chi connectivity index (χ3v) is 4.78. The van der Waals surface area contributed by atoms with Crippen molar-refractivity contribution in [3.05, 3.63) is 65.5 Å². The van der Waals surface area contributed by atoms with Crippen LogP contribution >= 0.6 is 0 Å². The number of pyridine rings is 1. The molecule has 2 heterocycles. The molecule has 4 nitrogen and oxygen atoms in total. The van der Waals surface area contributed by atoms with E-state index in [1.807, 2.05) is 36.4 Å². The van der Waals surface area contributed by atoms with Crippen LogP contribution in [0.1, 0.15) is 42.3 Å². The predicted octanol–water partition coefficient (Wildman–Crippen LogP) is 3.37. The molecule has 132 valence electrons. The fraction of sp³-hybridized carbons (Fsp3) is 0.429. The van der Waals surface area contributed by atoms with Crippen molar-refractivity contribution in [2.24, 2.45) is 5.92 Å². The molecule has 1 aromatic heterocycles. The average molecular weight is 338 g/mol. The number of hydrogen-bond acceptors (Lipinski definition) is 3. The van der Waals surface area contributed by atoms with E-state index >= 15 is 0 Å². The summed E-state index contributed by atoms with van der Waals surface area (Å²) in [6.07, 6.45) is 4.49. The molecule has 1 N–H and O–H groups in total. The fourth-order valence-corrected chi connectivity index (χ4v) is 3.15. The maximum Gasteiger partial charge on any atom is 0.251 e. The number of ether oxygens (including phenoxy) is 1. The van der Waals surface area contributed by atoms with Crippen molar-refractivity contribution in [1.82, 2.24) is 10.3 Å². The van der Waals surface area contributed by atoms with E-state index in [4.69, 9.17) is 4.74 Å². The van der Waals surface area contributed by atoms with Gasteiger partial charge in [-0.2, -0.15) is 0 Å². The highest BCUT2D eigenvalue weighted by Gasteiger charge is 2.30. The molecule has 4 heteroatoms. The van der Waals surface area contributed by atoms with Crippen molar-refractivity contribution in [1.29, 1.82) is 0 Å². The Labute approximate surface area is 149 Å². The van der Waals surface area contributed by atoms with Gasteiger partial charge < -0.3 is 10.1 Å². The van der Waals surface area contributed by atoms with E-state index in [1.165, 1.54) is 11.1 Å². The molecule has 2 atom stereocenters. The molecular formula is C21H26N2O2. The molecule has 1 fully saturated rings. The van der Waals surface area contributed by atoms with E-state index in [1.54, 1.807) is 12.4 Å². The van der Waals surface area contributed by atoms with Crippen LogP contribution in [0.5, 0.6) is 0 Å². The molecule has 0 spiro atoms. The van der Waals surface area contributed by atoms with Crippen LogP contribution in [-0.2, 0) is 16.6 Å². The normalized spacial score (nSPS) is 20.4. The fourth-order valence-electron chi connectivity index (χ4n) is 3.15. The van der Waals surface area contributed by atoms with E-state index in [9.17, 15) is 4.79 Å². The van der Waals surface area contributed by atoms with Crippen molar-refractivity contribution in [3.63, 3.8) is 0 Å². The average Bonchev–Trinajstić information content (AvgIpc) is 3.02. The molecule has 25 heavy (non-hydrogen) atoms. The van der Waals surface area contributed by atoms with E-state index in [0.717, 1.165) is 6.42 Å². The highest BCUT2D eigenvalue weighted by atomic mass is 16.5. The van der Waals surface area contributed by atoms with Gasteiger partial charge in [-0.1, -0.05) is 32.9 Å². The summed E-state index contributed by atoms with van der Waals surface area (Å²) in [5, 5.41) is 3.14. The summed E-state index contributed by atoms with van der Waals surface area (Å²) >= 11 is 0. The summed E-state index contributed by atoms with van der Waals surface area (Å²) < 4.78 is 5.61. The second-order valence-corrected chi connectivity index (χ2v) is 7.76. The first kappa shape index (κ1) is 17.6. The Hall–Kier alpha value is -2.20. The number of rotatable bonds is 4. The quantitative estimate of drug-likeness (QED) is 0.930. The Morgan fingerprint density at radius 3 is 2.44 bits per heavy atom. The molecule has 0 saturated carbocycles. The van der Waals surface area contributed by atoms with Gasteiger partial charge in [0.1, 0.15) is 0 Å². The molecule has 1 saturated heterocycles. The lowest BCUT2D eigenvalue weighted by Gasteiger charge is -2.21. The van der Waals surface area contributed by atoms with Gasteiger partial charge in [0, 0.05) is 23.9 Å². The van der Waals surface area contributed by atoms with Crippen LogP contribution in [0.25, 0.3) is 0 Å². The number of amides is 1. The SMILES string of the molecule is CC(C)(C)c1ccc(C(=O)NC2COCC2Cc2ccncc2)cc1. The first-order valence-electron chi connectivity index (χ1n) is 8.81. The maximum absolute atomic E-state index is 12.6. The lowest BCUT2D eigenvalue weighted by molar-refractivity contribution is 0.0925. The maximum atomic E-state index is 12.6. The van der Waals surface area contributed by atoms with Crippen LogP contribution in [0.2, 0.25) is 0 Å². The van der Waals surface area contributed by atoms with E-state index < -0.39 is 0 Å². The van der Waals surface area contributed by atoms with Crippen molar-refractivity contribution in [2.45, 2.75) is 38.6 Å². The van der Waals surface area contributed by atoms with E-state index in [-0.39, 0.29) is 17.4 Å². The zero-order chi connectivity index (χ0) is 17.9. The molecule has 2 unspecified atom stereocenters. The van der Waals surface area contributed by atoms with Crippen LogP contribution in [0.3, 0.4) is 0 Å². The number of aromatic nitrogens is 1. The molecule has 2 aromatic rings. The number of hydrogen-bond donors (Lipinski definition) is 1. The molecule has 1 amide bonds. The van der Waals surface area contributed by atoms with Gasteiger partial charge in [0.2, 0.25) is 0 Å². The number of benzene rings is 1. The molecular weight excluding hydrogens is 312 g/mol. The number of nitrogens with zero attached hydrogens (tertiary/aromatic N) is 1. The van der Waals surface area contributed by atoms with Gasteiger partial charge in [-0.3, -0.25) is 9.78 Å². The van der Waals surface area contributed by atoms with Crippen LogP contribution < -0.4 is 5.32 Å². The minimum Gasteiger partial charge on any atom is -0.379 e. The van der Waals surface area contributed by atoms with Crippen molar-refractivity contribution >= 4 is 5.91 Å². The molecule has 1 aliphatic heterocycles. The summed E-state index contributed by atoms with van der Waals surface area (Å²) in [6, 6.07) is 12.0. The van der Waals surface area contributed by atoms with Gasteiger partial charge in [-0.25, -0.2) is 0 Å². The first-order chi connectivity index (χ1) is 11.9. The van der Waals surface area contributed by atoms with Crippen molar-refractivity contribution < 1.29 is 9.53 Å². The summed E-state index contributed by atoms with van der Waals surface area (Å²) in [5.74, 6) is 0.260. The van der Waals surface area contributed by atoms with Gasteiger partial charge in [0.25, 0.3) is 5.91 Å². The zero-order valence-corrected chi connectivity index (χ0v) is 15.2. The van der Waals surface area contributed by atoms with Crippen molar-refractivity contribution in [3.8, 4) is 0 Å².